The molecule has 1 amide bonds. The number of amides is 1. The predicted octanol–water partition coefficient (Wildman–Crippen LogP) is 5.15. The van der Waals surface area contributed by atoms with Gasteiger partial charge >= 0.3 is 6.18 Å². The molecular formula is C19H16F3N3OS. The summed E-state index contributed by atoms with van der Waals surface area (Å²) < 4.78 is 40.2. The number of aromatic nitrogens is 1. The van der Waals surface area contributed by atoms with Crippen molar-refractivity contribution in [1.82, 2.24) is 4.98 Å². The third kappa shape index (κ3) is 4.28. The summed E-state index contributed by atoms with van der Waals surface area (Å²) in [6.07, 6.45) is -4.59. The number of carbonyl (C=O) groups is 1. The second-order valence-electron chi connectivity index (χ2n) is 5.98. The van der Waals surface area contributed by atoms with Crippen molar-refractivity contribution in [3.05, 3.63) is 65.2 Å². The summed E-state index contributed by atoms with van der Waals surface area (Å²) >= 11 is 1.26. The van der Waals surface area contributed by atoms with Gasteiger partial charge in [0.05, 0.1) is 11.3 Å². The molecule has 0 spiro atoms. The van der Waals surface area contributed by atoms with Crippen LogP contribution in [0.15, 0.2) is 53.9 Å². The molecule has 0 aliphatic carbocycles. The maximum absolute atomic E-state index is 13.4. The van der Waals surface area contributed by atoms with Crippen molar-refractivity contribution in [2.45, 2.75) is 6.18 Å². The number of anilines is 2. The quantitative estimate of drug-likeness (QED) is 0.669. The normalized spacial score (nSPS) is 11.3. The fraction of sp³-hybridized carbons (Fsp3) is 0.158. The van der Waals surface area contributed by atoms with Crippen LogP contribution in [0.2, 0.25) is 0 Å². The molecule has 0 aliphatic rings. The van der Waals surface area contributed by atoms with E-state index in [1.54, 1.807) is 19.0 Å². The Balaban J connectivity index is 1.87. The molecule has 0 saturated carbocycles. The highest BCUT2D eigenvalue weighted by Crippen LogP contribution is 2.37. The van der Waals surface area contributed by atoms with Gasteiger partial charge in [-0.05, 0) is 18.2 Å². The lowest BCUT2D eigenvalue weighted by Crippen LogP contribution is -2.18. The Morgan fingerprint density at radius 2 is 1.81 bits per heavy atom. The third-order valence-corrected chi connectivity index (χ3v) is 4.72. The number of hydrogen-bond acceptors (Lipinski definition) is 4. The number of halogens is 3. The number of rotatable bonds is 4. The van der Waals surface area contributed by atoms with Crippen LogP contribution in [0.25, 0.3) is 10.6 Å². The van der Waals surface area contributed by atoms with E-state index >= 15 is 0 Å². The maximum Gasteiger partial charge on any atom is 0.418 e. The second kappa shape index (κ2) is 7.40. The molecule has 27 heavy (non-hydrogen) atoms. The Bertz CT molecular complexity index is 952. The molecule has 0 saturated heterocycles. The van der Waals surface area contributed by atoms with Crippen molar-refractivity contribution in [2.75, 3.05) is 24.3 Å². The molecule has 0 atom stereocenters. The summed E-state index contributed by atoms with van der Waals surface area (Å²) in [4.78, 5) is 18.2. The molecule has 0 fully saturated rings. The largest absolute Gasteiger partial charge is 0.418 e. The summed E-state index contributed by atoms with van der Waals surface area (Å²) in [6, 6.07) is 13.0. The van der Waals surface area contributed by atoms with E-state index < -0.39 is 17.6 Å². The molecule has 2 aromatic carbocycles. The monoisotopic (exact) mass is 391 g/mol. The van der Waals surface area contributed by atoms with E-state index in [1.165, 1.54) is 28.8 Å². The lowest BCUT2D eigenvalue weighted by atomic mass is 10.1. The van der Waals surface area contributed by atoms with Crippen molar-refractivity contribution in [3.8, 4) is 10.6 Å². The summed E-state index contributed by atoms with van der Waals surface area (Å²) in [7, 11) is 3.29. The van der Waals surface area contributed by atoms with Gasteiger partial charge < -0.3 is 10.2 Å². The molecule has 0 aliphatic heterocycles. The van der Waals surface area contributed by atoms with Crippen LogP contribution < -0.4 is 10.2 Å². The van der Waals surface area contributed by atoms with Gasteiger partial charge in [-0.15, -0.1) is 11.3 Å². The average Bonchev–Trinajstić information content (AvgIpc) is 3.12. The Labute approximate surface area is 158 Å². The van der Waals surface area contributed by atoms with Crippen LogP contribution in [0.3, 0.4) is 0 Å². The van der Waals surface area contributed by atoms with Gasteiger partial charge in [-0.3, -0.25) is 4.79 Å². The van der Waals surface area contributed by atoms with E-state index in [0.717, 1.165) is 11.6 Å². The van der Waals surface area contributed by atoms with E-state index in [0.29, 0.717) is 10.7 Å². The summed E-state index contributed by atoms with van der Waals surface area (Å²) in [5.74, 6) is -0.684. The van der Waals surface area contributed by atoms with Gasteiger partial charge in [-0.25, -0.2) is 4.98 Å². The fourth-order valence-electron chi connectivity index (χ4n) is 2.43. The van der Waals surface area contributed by atoms with E-state index in [4.69, 9.17) is 0 Å². The van der Waals surface area contributed by atoms with Gasteiger partial charge in [0.2, 0.25) is 0 Å². The van der Waals surface area contributed by atoms with Gasteiger partial charge in [-0.2, -0.15) is 13.2 Å². The number of nitrogens with one attached hydrogen (secondary N) is 1. The zero-order valence-corrected chi connectivity index (χ0v) is 15.4. The molecular weight excluding hydrogens is 375 g/mol. The first kappa shape index (κ1) is 18.9. The van der Waals surface area contributed by atoms with Crippen LogP contribution in [0, 0.1) is 0 Å². The molecule has 140 valence electrons. The van der Waals surface area contributed by atoms with Gasteiger partial charge in [-0.1, -0.05) is 30.3 Å². The average molecular weight is 391 g/mol. The molecule has 0 unspecified atom stereocenters. The molecule has 1 N–H and O–H groups in total. The maximum atomic E-state index is 13.4. The van der Waals surface area contributed by atoms with E-state index in [2.05, 4.69) is 10.3 Å². The van der Waals surface area contributed by atoms with Gasteiger partial charge in [0.1, 0.15) is 10.7 Å². The molecule has 3 rings (SSSR count). The van der Waals surface area contributed by atoms with Crippen LogP contribution >= 0.6 is 11.3 Å². The van der Waals surface area contributed by atoms with Crippen molar-refractivity contribution in [2.24, 2.45) is 0 Å². The lowest BCUT2D eigenvalue weighted by Gasteiger charge is -2.18. The number of thiazole rings is 1. The topological polar surface area (TPSA) is 45.2 Å². The van der Waals surface area contributed by atoms with Gasteiger partial charge in [0.15, 0.2) is 0 Å². The first-order valence-corrected chi connectivity index (χ1v) is 8.84. The fourth-order valence-corrected chi connectivity index (χ4v) is 3.24. The zero-order valence-electron chi connectivity index (χ0n) is 14.5. The zero-order chi connectivity index (χ0) is 19.6. The molecule has 1 heterocycles. The summed E-state index contributed by atoms with van der Waals surface area (Å²) in [5.41, 5.74) is 0.102. The Kier molecular flexibility index (Phi) is 5.18. The third-order valence-electron chi connectivity index (χ3n) is 3.83. The number of hydrogen-bond donors (Lipinski definition) is 1. The highest BCUT2D eigenvalue weighted by molar-refractivity contribution is 7.13. The van der Waals surface area contributed by atoms with E-state index in [-0.39, 0.29) is 11.4 Å². The van der Waals surface area contributed by atoms with Crippen LogP contribution in [-0.2, 0) is 6.18 Å². The van der Waals surface area contributed by atoms with Crippen LogP contribution in [-0.4, -0.2) is 25.0 Å². The van der Waals surface area contributed by atoms with E-state index in [1.807, 2.05) is 30.3 Å². The van der Waals surface area contributed by atoms with Gasteiger partial charge in [0.25, 0.3) is 5.91 Å². The number of benzene rings is 2. The molecule has 1 aromatic heterocycles. The van der Waals surface area contributed by atoms with Crippen LogP contribution in [0.4, 0.5) is 24.5 Å². The predicted molar refractivity (Wildman–Crippen MR) is 101 cm³/mol. The van der Waals surface area contributed by atoms with Crippen LogP contribution in [0.5, 0.6) is 0 Å². The van der Waals surface area contributed by atoms with Crippen molar-refractivity contribution < 1.29 is 18.0 Å². The Morgan fingerprint density at radius 3 is 2.44 bits per heavy atom. The molecule has 4 nitrogen and oxygen atoms in total. The molecule has 0 bridgehead atoms. The minimum Gasteiger partial charge on any atom is -0.378 e. The van der Waals surface area contributed by atoms with Crippen LogP contribution in [0.1, 0.15) is 16.1 Å². The smallest absolute Gasteiger partial charge is 0.378 e. The standard InChI is InChI=1S/C19H16F3N3OS/c1-25(2)13-8-9-15(14(10-13)19(20,21)22)23-17(26)16-11-27-18(24-16)12-6-4-3-5-7-12/h3-11H,1-2H3,(H,23,26). The number of alkyl halides is 3. The Morgan fingerprint density at radius 1 is 1.11 bits per heavy atom. The number of carbonyl (C=O) groups excluding carboxylic acids is 1. The highest BCUT2D eigenvalue weighted by atomic mass is 32.1. The minimum absolute atomic E-state index is 0.0728. The van der Waals surface area contributed by atoms with Crippen molar-refractivity contribution >= 4 is 28.6 Å². The lowest BCUT2D eigenvalue weighted by molar-refractivity contribution is -0.136. The summed E-state index contributed by atoms with van der Waals surface area (Å²) in [5, 5.41) is 4.48. The molecule has 0 radical (unpaired) electrons. The van der Waals surface area contributed by atoms with Crippen molar-refractivity contribution in [1.29, 1.82) is 0 Å². The second-order valence-corrected chi connectivity index (χ2v) is 6.84. The minimum atomic E-state index is -4.59. The summed E-state index contributed by atoms with van der Waals surface area (Å²) in [6.45, 7) is 0. The highest BCUT2D eigenvalue weighted by Gasteiger charge is 2.34. The van der Waals surface area contributed by atoms with E-state index in [9.17, 15) is 18.0 Å². The van der Waals surface area contributed by atoms with Crippen molar-refractivity contribution in [3.63, 3.8) is 0 Å². The Hall–Kier alpha value is -2.87. The van der Waals surface area contributed by atoms with Gasteiger partial charge in [0, 0.05) is 30.7 Å². The number of nitrogens with zero attached hydrogens (tertiary/aromatic N) is 2. The molecule has 8 heteroatoms. The first-order valence-electron chi connectivity index (χ1n) is 7.96. The first-order chi connectivity index (χ1) is 12.8. The molecule has 3 aromatic rings. The SMILES string of the molecule is CN(C)c1ccc(NC(=O)c2csc(-c3ccccc3)n2)c(C(F)(F)F)c1.